The third-order valence-corrected chi connectivity index (χ3v) is 1.80. The number of rotatable bonds is 1. The van der Waals surface area contributed by atoms with Crippen LogP contribution in [0.2, 0.25) is 0 Å². The number of esters is 1. The molecule has 0 saturated carbocycles. The molecule has 1 rings (SSSR count). The molecule has 1 heterocycles. The monoisotopic (exact) mass is 140 g/mol. The number of cyclic esters (lactones) is 1. The van der Waals surface area contributed by atoms with E-state index in [0.29, 0.717) is 0 Å². The van der Waals surface area contributed by atoms with Crippen LogP contribution in [0.1, 0.15) is 27.2 Å². The Hall–Kier alpha value is -0.790. The molecule has 0 fully saturated rings. The van der Waals surface area contributed by atoms with Crippen LogP contribution >= 0.6 is 0 Å². The van der Waals surface area contributed by atoms with Gasteiger partial charge in [0.1, 0.15) is 5.60 Å². The summed E-state index contributed by atoms with van der Waals surface area (Å²) in [5.74, 6) is -0.207. The molecular formula is C8H12O2. The van der Waals surface area contributed by atoms with Crippen molar-refractivity contribution in [1.29, 1.82) is 0 Å². The first kappa shape index (κ1) is 7.32. The molecule has 1 aliphatic heterocycles. The van der Waals surface area contributed by atoms with Gasteiger partial charge in [0.15, 0.2) is 0 Å². The summed E-state index contributed by atoms with van der Waals surface area (Å²) in [6.45, 7) is 5.84. The Morgan fingerprint density at radius 2 is 2.20 bits per heavy atom. The molecule has 1 aliphatic rings. The topological polar surface area (TPSA) is 26.3 Å². The molecule has 0 saturated heterocycles. The maximum atomic E-state index is 10.7. The summed E-state index contributed by atoms with van der Waals surface area (Å²) < 4.78 is 5.02. The van der Waals surface area contributed by atoms with Crippen molar-refractivity contribution >= 4 is 5.97 Å². The summed E-state index contributed by atoms with van der Waals surface area (Å²) in [5.41, 5.74) is 0.726. The van der Waals surface area contributed by atoms with Crippen LogP contribution in [0, 0.1) is 0 Å². The lowest BCUT2D eigenvalue weighted by atomic mass is 9.98. The first-order valence-corrected chi connectivity index (χ1v) is 3.50. The molecule has 0 aromatic rings. The third-order valence-electron chi connectivity index (χ3n) is 1.80. The van der Waals surface area contributed by atoms with E-state index < -0.39 is 0 Å². The molecule has 10 heavy (non-hydrogen) atoms. The highest BCUT2D eigenvalue weighted by Gasteiger charge is 2.32. The Morgan fingerprint density at radius 1 is 1.60 bits per heavy atom. The predicted octanol–water partition coefficient (Wildman–Crippen LogP) is 1.66. The molecule has 56 valence electrons. The third kappa shape index (κ3) is 1.06. The fraction of sp³-hybridized carbons (Fsp3) is 0.625. The Kier molecular flexibility index (Phi) is 1.55. The van der Waals surface area contributed by atoms with Gasteiger partial charge in [-0.15, -0.1) is 0 Å². The van der Waals surface area contributed by atoms with Gasteiger partial charge in [-0.05, 0) is 25.8 Å². The van der Waals surface area contributed by atoms with Gasteiger partial charge in [0.05, 0.1) is 0 Å². The molecule has 0 atom stereocenters. The zero-order valence-electron chi connectivity index (χ0n) is 6.60. The van der Waals surface area contributed by atoms with Crippen molar-refractivity contribution < 1.29 is 9.53 Å². The lowest BCUT2D eigenvalue weighted by Gasteiger charge is -2.20. The Bertz CT molecular complexity index is 189. The quantitative estimate of drug-likeness (QED) is 0.518. The molecule has 0 unspecified atom stereocenters. The van der Waals surface area contributed by atoms with Crippen LogP contribution in [0.15, 0.2) is 11.6 Å². The number of hydrogen-bond acceptors (Lipinski definition) is 2. The van der Waals surface area contributed by atoms with Crippen LogP contribution in [0.25, 0.3) is 0 Å². The molecule has 0 aromatic heterocycles. The van der Waals surface area contributed by atoms with Crippen molar-refractivity contribution in [2.45, 2.75) is 32.8 Å². The molecule has 0 aliphatic carbocycles. The van der Waals surface area contributed by atoms with Crippen LogP contribution in [0.5, 0.6) is 0 Å². The van der Waals surface area contributed by atoms with Crippen molar-refractivity contribution in [3.63, 3.8) is 0 Å². The molecule has 0 radical (unpaired) electrons. The SMILES string of the molecule is CCC1=CC(=O)OC1(C)C. The summed E-state index contributed by atoms with van der Waals surface area (Å²) in [7, 11) is 0. The first-order valence-electron chi connectivity index (χ1n) is 3.50. The van der Waals surface area contributed by atoms with E-state index in [1.807, 2.05) is 20.8 Å². The number of carbonyl (C=O) groups is 1. The second-order valence-electron chi connectivity index (χ2n) is 2.95. The highest BCUT2D eigenvalue weighted by molar-refractivity contribution is 5.86. The van der Waals surface area contributed by atoms with E-state index in [9.17, 15) is 4.79 Å². The van der Waals surface area contributed by atoms with Gasteiger partial charge >= 0.3 is 5.97 Å². The lowest BCUT2D eigenvalue weighted by Crippen LogP contribution is -2.22. The van der Waals surface area contributed by atoms with Crippen molar-refractivity contribution in [3.8, 4) is 0 Å². The standard InChI is InChI=1S/C8H12O2/c1-4-6-5-7(9)10-8(6,2)3/h5H,4H2,1-3H3. The van der Waals surface area contributed by atoms with E-state index in [1.54, 1.807) is 6.08 Å². The van der Waals surface area contributed by atoms with Crippen LogP contribution in [-0.2, 0) is 9.53 Å². The molecular weight excluding hydrogens is 128 g/mol. The minimum absolute atomic E-state index is 0.207. The summed E-state index contributed by atoms with van der Waals surface area (Å²) in [6.07, 6.45) is 2.47. The van der Waals surface area contributed by atoms with Gasteiger partial charge in [0.25, 0.3) is 0 Å². The summed E-state index contributed by atoms with van der Waals surface area (Å²) >= 11 is 0. The average Bonchev–Trinajstić information content (AvgIpc) is 2.04. The van der Waals surface area contributed by atoms with Gasteiger partial charge in [-0.25, -0.2) is 4.79 Å². The molecule has 2 heteroatoms. The normalized spacial score (nSPS) is 22.3. The predicted molar refractivity (Wildman–Crippen MR) is 38.5 cm³/mol. The molecule has 2 nitrogen and oxygen atoms in total. The van der Waals surface area contributed by atoms with Crippen molar-refractivity contribution in [2.24, 2.45) is 0 Å². The Morgan fingerprint density at radius 3 is 2.40 bits per heavy atom. The van der Waals surface area contributed by atoms with Crippen LogP contribution in [-0.4, -0.2) is 11.6 Å². The van der Waals surface area contributed by atoms with Gasteiger partial charge in [-0.3, -0.25) is 0 Å². The maximum Gasteiger partial charge on any atom is 0.331 e. The zero-order chi connectivity index (χ0) is 7.78. The fourth-order valence-corrected chi connectivity index (χ4v) is 1.19. The second kappa shape index (κ2) is 2.11. The van der Waals surface area contributed by atoms with Crippen LogP contribution in [0.4, 0.5) is 0 Å². The van der Waals surface area contributed by atoms with Gasteiger partial charge in [0, 0.05) is 6.08 Å². The largest absolute Gasteiger partial charge is 0.452 e. The molecule has 0 amide bonds. The van der Waals surface area contributed by atoms with E-state index in [-0.39, 0.29) is 11.6 Å². The molecule has 0 aromatic carbocycles. The number of carbonyl (C=O) groups excluding carboxylic acids is 1. The van der Waals surface area contributed by atoms with Gasteiger partial charge in [0.2, 0.25) is 0 Å². The summed E-state index contributed by atoms with van der Waals surface area (Å²) in [4.78, 5) is 10.7. The van der Waals surface area contributed by atoms with Crippen molar-refractivity contribution in [1.82, 2.24) is 0 Å². The van der Waals surface area contributed by atoms with Crippen molar-refractivity contribution in [2.75, 3.05) is 0 Å². The zero-order valence-corrected chi connectivity index (χ0v) is 6.60. The van der Waals surface area contributed by atoms with E-state index in [1.165, 1.54) is 0 Å². The Balaban J connectivity index is 2.86. The highest BCUT2D eigenvalue weighted by Crippen LogP contribution is 2.28. The second-order valence-corrected chi connectivity index (χ2v) is 2.95. The van der Waals surface area contributed by atoms with Crippen molar-refractivity contribution in [3.05, 3.63) is 11.6 Å². The first-order chi connectivity index (χ1) is 4.56. The Labute approximate surface area is 60.9 Å². The van der Waals surface area contributed by atoms with Crippen LogP contribution < -0.4 is 0 Å². The van der Waals surface area contributed by atoms with E-state index in [0.717, 1.165) is 12.0 Å². The van der Waals surface area contributed by atoms with Gasteiger partial charge in [-0.1, -0.05) is 6.92 Å². The molecule has 0 spiro atoms. The van der Waals surface area contributed by atoms with Gasteiger partial charge in [-0.2, -0.15) is 0 Å². The smallest absolute Gasteiger partial charge is 0.331 e. The number of ether oxygens (including phenoxy) is 1. The fourth-order valence-electron chi connectivity index (χ4n) is 1.19. The molecule has 0 N–H and O–H groups in total. The molecule has 0 bridgehead atoms. The van der Waals surface area contributed by atoms with Crippen LogP contribution in [0.3, 0.4) is 0 Å². The maximum absolute atomic E-state index is 10.7. The minimum atomic E-state index is -0.355. The number of hydrogen-bond donors (Lipinski definition) is 0. The minimum Gasteiger partial charge on any atom is -0.452 e. The highest BCUT2D eigenvalue weighted by atomic mass is 16.6. The van der Waals surface area contributed by atoms with Gasteiger partial charge < -0.3 is 4.74 Å². The van der Waals surface area contributed by atoms with E-state index >= 15 is 0 Å². The van der Waals surface area contributed by atoms with E-state index in [2.05, 4.69) is 0 Å². The summed E-state index contributed by atoms with van der Waals surface area (Å²) in [6, 6.07) is 0. The van der Waals surface area contributed by atoms with E-state index in [4.69, 9.17) is 4.74 Å². The summed E-state index contributed by atoms with van der Waals surface area (Å²) in [5, 5.41) is 0. The average molecular weight is 140 g/mol. The lowest BCUT2D eigenvalue weighted by molar-refractivity contribution is -0.143.